The molecule has 0 bridgehead atoms. The number of amides is 1. The summed E-state index contributed by atoms with van der Waals surface area (Å²) in [6.45, 7) is 6.20. The molecule has 1 aromatic carbocycles. The lowest BCUT2D eigenvalue weighted by Crippen LogP contribution is -2.46. The van der Waals surface area contributed by atoms with Gasteiger partial charge in [-0.2, -0.15) is 8.42 Å². The quantitative estimate of drug-likeness (QED) is 0.664. The molecule has 1 amide bonds. The number of rotatable bonds is 6. The van der Waals surface area contributed by atoms with Crippen LogP contribution in [0.4, 0.5) is 20.6 Å². The number of cyclic esters (lactones) is 1. The van der Waals surface area contributed by atoms with Crippen LogP contribution in [-0.4, -0.2) is 77.6 Å². The van der Waals surface area contributed by atoms with Crippen molar-refractivity contribution in [1.29, 1.82) is 0 Å². The van der Waals surface area contributed by atoms with Gasteiger partial charge in [0.15, 0.2) is 0 Å². The van der Waals surface area contributed by atoms with Crippen LogP contribution < -0.4 is 9.80 Å². The highest BCUT2D eigenvalue weighted by Gasteiger charge is 2.33. The van der Waals surface area contributed by atoms with E-state index in [1.54, 1.807) is 12.1 Å². The minimum Gasteiger partial charge on any atom is -0.441 e. The molecule has 1 aromatic rings. The van der Waals surface area contributed by atoms with Gasteiger partial charge in [0.05, 0.1) is 24.2 Å². The van der Waals surface area contributed by atoms with Crippen LogP contribution in [-0.2, 0) is 19.0 Å². The van der Waals surface area contributed by atoms with Crippen molar-refractivity contribution in [2.75, 3.05) is 61.9 Å². The molecule has 10 heteroatoms. The highest BCUT2D eigenvalue weighted by Crippen LogP contribution is 2.28. The van der Waals surface area contributed by atoms with Gasteiger partial charge in [0.1, 0.15) is 18.5 Å². The van der Waals surface area contributed by atoms with Crippen molar-refractivity contribution in [3.63, 3.8) is 0 Å². The molecule has 2 aliphatic rings. The summed E-state index contributed by atoms with van der Waals surface area (Å²) in [4.78, 5) is 17.6. The van der Waals surface area contributed by atoms with Gasteiger partial charge in [0.2, 0.25) is 0 Å². The molecule has 0 aromatic heterocycles. The number of ether oxygens (including phenoxy) is 1. The Morgan fingerprint density at radius 3 is 2.56 bits per heavy atom. The predicted octanol–water partition coefficient (Wildman–Crippen LogP) is 1.27. The maximum atomic E-state index is 14.7. The first kappa shape index (κ1) is 19.8. The summed E-state index contributed by atoms with van der Waals surface area (Å²) in [6.07, 6.45) is -0.450. The highest BCUT2D eigenvalue weighted by molar-refractivity contribution is 7.85. The Balaban J connectivity index is 1.66. The van der Waals surface area contributed by atoms with Crippen LogP contribution in [0.3, 0.4) is 0 Å². The first-order valence-corrected chi connectivity index (χ1v) is 10.7. The molecule has 2 aliphatic heterocycles. The van der Waals surface area contributed by atoms with Crippen LogP contribution in [0.25, 0.3) is 0 Å². The van der Waals surface area contributed by atoms with E-state index in [0.717, 1.165) is 39.0 Å². The Hall–Kier alpha value is -1.91. The van der Waals surface area contributed by atoms with Crippen LogP contribution in [0.5, 0.6) is 0 Å². The van der Waals surface area contributed by atoms with Crippen LogP contribution in [0, 0.1) is 5.82 Å². The largest absolute Gasteiger partial charge is 0.441 e. The summed E-state index contributed by atoms with van der Waals surface area (Å²) in [5.41, 5.74) is 0.884. The zero-order valence-corrected chi connectivity index (χ0v) is 16.2. The van der Waals surface area contributed by atoms with Crippen molar-refractivity contribution in [3.05, 3.63) is 24.0 Å². The molecule has 3 rings (SSSR count). The van der Waals surface area contributed by atoms with E-state index in [1.807, 2.05) is 4.90 Å². The standard InChI is InChI=1S/C17H24FN3O5S/c1-3-19-6-8-20(9-7-19)16-5-4-13(10-15(16)18)21-11-14(26-17(21)22)12-25-27(2,23)24/h4-5,10,14H,3,6-9,11-12H2,1-2H3/t14-/m1/s1. The van der Waals surface area contributed by atoms with Gasteiger partial charge in [-0.15, -0.1) is 0 Å². The van der Waals surface area contributed by atoms with E-state index in [4.69, 9.17) is 4.74 Å². The first-order chi connectivity index (χ1) is 12.8. The molecule has 2 fully saturated rings. The zero-order chi connectivity index (χ0) is 19.6. The fourth-order valence-electron chi connectivity index (χ4n) is 3.24. The van der Waals surface area contributed by atoms with Gasteiger partial charge in [-0.1, -0.05) is 6.92 Å². The lowest BCUT2D eigenvalue weighted by molar-refractivity contribution is 0.107. The zero-order valence-electron chi connectivity index (χ0n) is 15.4. The van der Waals surface area contributed by atoms with Crippen LogP contribution >= 0.6 is 0 Å². The number of hydrogen-bond acceptors (Lipinski definition) is 7. The minimum absolute atomic E-state index is 0.0995. The molecule has 0 saturated carbocycles. The lowest BCUT2D eigenvalue weighted by Gasteiger charge is -2.35. The number of hydrogen-bond donors (Lipinski definition) is 0. The molecule has 0 N–H and O–H groups in total. The summed E-state index contributed by atoms with van der Waals surface area (Å²) >= 11 is 0. The molecular formula is C17H24FN3O5S. The number of carbonyl (C=O) groups is 1. The van der Waals surface area contributed by atoms with Crippen molar-refractivity contribution in [2.45, 2.75) is 13.0 Å². The Bertz CT molecular complexity index is 796. The Labute approximate surface area is 158 Å². The second-order valence-electron chi connectivity index (χ2n) is 6.66. The monoisotopic (exact) mass is 401 g/mol. The Morgan fingerprint density at radius 1 is 1.26 bits per heavy atom. The molecule has 0 unspecified atom stereocenters. The summed E-state index contributed by atoms with van der Waals surface area (Å²) in [5.74, 6) is -0.402. The van der Waals surface area contributed by atoms with E-state index >= 15 is 0 Å². The predicted molar refractivity (Wildman–Crippen MR) is 99.1 cm³/mol. The number of carbonyl (C=O) groups excluding carboxylic acids is 1. The summed E-state index contributed by atoms with van der Waals surface area (Å²) in [6, 6.07) is 4.65. The number of piperazine rings is 1. The van der Waals surface area contributed by atoms with E-state index in [0.29, 0.717) is 11.4 Å². The van der Waals surface area contributed by atoms with Gasteiger partial charge < -0.3 is 14.5 Å². The SMILES string of the molecule is CCN1CCN(c2ccc(N3C[C@H](COS(C)(=O)=O)OC3=O)cc2F)CC1. The second kappa shape index (κ2) is 7.99. The highest BCUT2D eigenvalue weighted by atomic mass is 32.2. The van der Waals surface area contributed by atoms with E-state index in [9.17, 15) is 17.6 Å². The third kappa shape index (κ3) is 4.88. The molecule has 27 heavy (non-hydrogen) atoms. The number of anilines is 2. The summed E-state index contributed by atoms with van der Waals surface area (Å²) in [5, 5.41) is 0. The van der Waals surface area contributed by atoms with Gasteiger partial charge in [0, 0.05) is 26.2 Å². The van der Waals surface area contributed by atoms with Crippen molar-refractivity contribution >= 4 is 27.6 Å². The maximum Gasteiger partial charge on any atom is 0.414 e. The first-order valence-electron chi connectivity index (χ1n) is 8.86. The number of nitrogens with zero attached hydrogens (tertiary/aromatic N) is 3. The molecule has 0 radical (unpaired) electrons. The van der Waals surface area contributed by atoms with Crippen molar-refractivity contribution < 1.29 is 26.5 Å². The molecule has 2 heterocycles. The smallest absolute Gasteiger partial charge is 0.414 e. The number of benzene rings is 1. The van der Waals surface area contributed by atoms with E-state index in [-0.39, 0.29) is 13.2 Å². The Kier molecular flexibility index (Phi) is 5.87. The Morgan fingerprint density at radius 2 is 1.96 bits per heavy atom. The fourth-order valence-corrected chi connectivity index (χ4v) is 3.64. The average Bonchev–Trinajstić information content (AvgIpc) is 3.00. The minimum atomic E-state index is -3.62. The number of likely N-dealkylation sites (N-methyl/N-ethyl adjacent to an activating group) is 1. The molecule has 2 saturated heterocycles. The average molecular weight is 401 g/mol. The number of halogens is 1. The van der Waals surface area contributed by atoms with E-state index in [2.05, 4.69) is 16.0 Å². The van der Waals surface area contributed by atoms with Crippen LogP contribution in [0.15, 0.2) is 18.2 Å². The third-order valence-corrected chi connectivity index (χ3v) is 5.31. The molecule has 0 aliphatic carbocycles. The second-order valence-corrected chi connectivity index (χ2v) is 8.31. The van der Waals surface area contributed by atoms with Gasteiger partial charge in [0.25, 0.3) is 10.1 Å². The maximum absolute atomic E-state index is 14.7. The van der Waals surface area contributed by atoms with Crippen molar-refractivity contribution in [3.8, 4) is 0 Å². The molecule has 0 spiro atoms. The van der Waals surface area contributed by atoms with Gasteiger partial charge in [-0.05, 0) is 24.7 Å². The van der Waals surface area contributed by atoms with Gasteiger partial charge in [-0.3, -0.25) is 9.08 Å². The molecule has 8 nitrogen and oxygen atoms in total. The van der Waals surface area contributed by atoms with Crippen LogP contribution in [0.2, 0.25) is 0 Å². The summed E-state index contributed by atoms with van der Waals surface area (Å²) in [7, 11) is -3.62. The summed E-state index contributed by atoms with van der Waals surface area (Å²) < 4.78 is 46.5. The molecule has 150 valence electrons. The van der Waals surface area contributed by atoms with Crippen molar-refractivity contribution in [2.24, 2.45) is 0 Å². The topological polar surface area (TPSA) is 79.4 Å². The van der Waals surface area contributed by atoms with Crippen LogP contribution in [0.1, 0.15) is 6.92 Å². The fraction of sp³-hybridized carbons (Fsp3) is 0.588. The van der Waals surface area contributed by atoms with Gasteiger partial charge >= 0.3 is 6.09 Å². The normalized spacial score (nSPS) is 21.6. The van der Waals surface area contributed by atoms with Gasteiger partial charge in [-0.25, -0.2) is 9.18 Å². The van der Waals surface area contributed by atoms with E-state index in [1.165, 1.54) is 11.0 Å². The molecular weight excluding hydrogens is 377 g/mol. The van der Waals surface area contributed by atoms with Crippen molar-refractivity contribution in [1.82, 2.24) is 4.90 Å². The molecule has 1 atom stereocenters. The lowest BCUT2D eigenvalue weighted by atomic mass is 10.2. The van der Waals surface area contributed by atoms with E-state index < -0.39 is 28.1 Å². The third-order valence-electron chi connectivity index (χ3n) is 4.75.